The van der Waals surface area contributed by atoms with Crippen LogP contribution in [0.5, 0.6) is 0 Å². The Kier molecular flexibility index (Phi) is 7.70. The van der Waals surface area contributed by atoms with Crippen molar-refractivity contribution in [2.45, 2.75) is 39.0 Å². The molecule has 0 saturated carbocycles. The van der Waals surface area contributed by atoms with Crippen molar-refractivity contribution in [1.29, 1.82) is 5.41 Å². The number of benzene rings is 1. The summed E-state index contributed by atoms with van der Waals surface area (Å²) in [5.74, 6) is -0.150. The average molecular weight is 436 g/mol. The SMILES string of the molecule is CCC(C/C=C1/C(=N)C(N)=Nc2ccccc21)CCNC(=O)CCCN1C(=O)C=CC1=O. The van der Waals surface area contributed by atoms with E-state index in [9.17, 15) is 14.4 Å². The van der Waals surface area contributed by atoms with Crippen LogP contribution >= 0.6 is 0 Å². The molecule has 2 aliphatic heterocycles. The molecular weight excluding hydrogens is 406 g/mol. The zero-order chi connectivity index (χ0) is 23.1. The summed E-state index contributed by atoms with van der Waals surface area (Å²) in [4.78, 5) is 40.5. The molecule has 0 aromatic heterocycles. The van der Waals surface area contributed by atoms with Gasteiger partial charge < -0.3 is 11.1 Å². The highest BCUT2D eigenvalue weighted by molar-refractivity contribution is 6.57. The number of nitrogens with one attached hydrogen (secondary N) is 2. The number of fused-ring (bicyclic) bond motifs is 1. The number of hydrogen-bond acceptors (Lipinski definition) is 6. The Morgan fingerprint density at radius 3 is 2.69 bits per heavy atom. The number of aliphatic imine (C=N–C) groups is 1. The first-order valence-electron chi connectivity index (χ1n) is 10.9. The minimum atomic E-state index is -0.322. The molecule has 0 spiro atoms. The predicted octanol–water partition coefficient (Wildman–Crippen LogP) is 2.72. The Bertz CT molecular complexity index is 991. The van der Waals surface area contributed by atoms with E-state index in [4.69, 9.17) is 11.1 Å². The van der Waals surface area contributed by atoms with Gasteiger partial charge in [0.15, 0.2) is 0 Å². The summed E-state index contributed by atoms with van der Waals surface area (Å²) in [6.45, 7) is 2.92. The largest absolute Gasteiger partial charge is 0.382 e. The van der Waals surface area contributed by atoms with Crippen molar-refractivity contribution in [2.24, 2.45) is 16.6 Å². The minimum Gasteiger partial charge on any atom is -0.382 e. The molecule has 8 nitrogen and oxygen atoms in total. The number of nitrogens with two attached hydrogens (primary N) is 1. The first-order valence-corrected chi connectivity index (χ1v) is 10.9. The number of allylic oxidation sites excluding steroid dienone is 1. The van der Waals surface area contributed by atoms with E-state index in [2.05, 4.69) is 23.3 Å². The van der Waals surface area contributed by atoms with Crippen molar-refractivity contribution in [3.8, 4) is 0 Å². The molecule has 3 amide bonds. The normalized spacial score (nSPS) is 17.5. The Balaban J connectivity index is 1.44. The molecule has 2 aliphatic rings. The van der Waals surface area contributed by atoms with Gasteiger partial charge in [-0.25, -0.2) is 4.99 Å². The Labute approximate surface area is 187 Å². The highest BCUT2D eigenvalue weighted by Gasteiger charge is 2.23. The third-order valence-electron chi connectivity index (χ3n) is 5.75. The van der Waals surface area contributed by atoms with Gasteiger partial charge in [-0.05, 0) is 31.2 Å². The molecular formula is C24H29N5O3. The second-order valence-electron chi connectivity index (χ2n) is 7.92. The Hall–Kier alpha value is -3.55. The Morgan fingerprint density at radius 1 is 1.25 bits per heavy atom. The fraction of sp³-hybridized carbons (Fsp3) is 0.375. The summed E-state index contributed by atoms with van der Waals surface area (Å²) in [6.07, 6.45) is 7.80. The van der Waals surface area contributed by atoms with Crippen LogP contribution in [0.1, 0.15) is 44.6 Å². The lowest BCUT2D eigenvalue weighted by Gasteiger charge is -2.19. The van der Waals surface area contributed by atoms with Gasteiger partial charge in [-0.2, -0.15) is 0 Å². The van der Waals surface area contributed by atoms with Crippen LogP contribution in [0.4, 0.5) is 5.69 Å². The summed E-state index contributed by atoms with van der Waals surface area (Å²) in [5, 5.41) is 11.2. The molecule has 0 radical (unpaired) electrons. The second-order valence-corrected chi connectivity index (χ2v) is 7.92. The standard InChI is InChI=1S/C24H29N5O3/c1-2-16(9-10-18-17-6-3-4-7-19(17)28-24(26)23(18)25)13-14-27-20(30)8-5-15-29-21(31)11-12-22(29)32/h3-4,6-7,10-12,16,25H,2,5,8-9,13-15H2,1H3,(H2,26,28)(H,27,30)/b18-10+,25-23?. The van der Waals surface area contributed by atoms with Crippen LogP contribution in [-0.2, 0) is 14.4 Å². The highest BCUT2D eigenvalue weighted by atomic mass is 16.2. The minimum absolute atomic E-state index is 0.0859. The number of carbonyl (C=O) groups excluding carboxylic acids is 3. The van der Waals surface area contributed by atoms with Gasteiger partial charge in [0.05, 0.1) is 5.69 Å². The summed E-state index contributed by atoms with van der Waals surface area (Å²) in [7, 11) is 0. The van der Waals surface area contributed by atoms with Gasteiger partial charge in [0.2, 0.25) is 5.91 Å². The van der Waals surface area contributed by atoms with Gasteiger partial charge in [-0.3, -0.25) is 24.7 Å². The molecule has 32 heavy (non-hydrogen) atoms. The molecule has 0 saturated heterocycles. The van der Waals surface area contributed by atoms with Crippen LogP contribution in [0.15, 0.2) is 47.5 Å². The Morgan fingerprint density at radius 2 is 1.97 bits per heavy atom. The van der Waals surface area contributed by atoms with Crippen molar-refractivity contribution in [1.82, 2.24) is 10.2 Å². The van der Waals surface area contributed by atoms with Crippen LogP contribution in [0, 0.1) is 11.3 Å². The molecule has 168 valence electrons. The van der Waals surface area contributed by atoms with Crippen LogP contribution < -0.4 is 11.1 Å². The molecule has 1 aromatic rings. The van der Waals surface area contributed by atoms with Crippen molar-refractivity contribution < 1.29 is 14.4 Å². The van der Waals surface area contributed by atoms with E-state index in [1.54, 1.807) is 0 Å². The first kappa shape index (κ1) is 23.1. The van der Waals surface area contributed by atoms with Crippen molar-refractivity contribution in [3.63, 3.8) is 0 Å². The molecule has 4 N–H and O–H groups in total. The third kappa shape index (κ3) is 5.57. The molecule has 1 aromatic carbocycles. The van der Waals surface area contributed by atoms with Gasteiger partial charge in [0.1, 0.15) is 11.5 Å². The number of rotatable bonds is 10. The summed E-state index contributed by atoms with van der Waals surface area (Å²) in [5.41, 5.74) is 8.67. The maximum absolute atomic E-state index is 12.1. The summed E-state index contributed by atoms with van der Waals surface area (Å²) < 4.78 is 0. The number of carbonyl (C=O) groups is 3. The van der Waals surface area contributed by atoms with Gasteiger partial charge in [0, 0.05) is 42.8 Å². The molecule has 8 heteroatoms. The molecule has 1 atom stereocenters. The maximum atomic E-state index is 12.1. The monoisotopic (exact) mass is 435 g/mol. The quantitative estimate of drug-likeness (QED) is 0.488. The van der Waals surface area contributed by atoms with E-state index >= 15 is 0 Å². The lowest BCUT2D eigenvalue weighted by molar-refractivity contribution is -0.137. The van der Waals surface area contributed by atoms with Crippen molar-refractivity contribution in [3.05, 3.63) is 48.1 Å². The van der Waals surface area contributed by atoms with Crippen LogP contribution in [0.2, 0.25) is 0 Å². The van der Waals surface area contributed by atoms with E-state index in [1.807, 2.05) is 24.3 Å². The molecule has 0 bridgehead atoms. The lowest BCUT2D eigenvalue weighted by atomic mass is 9.91. The molecule has 1 unspecified atom stereocenters. The number of para-hydroxylation sites is 1. The summed E-state index contributed by atoms with van der Waals surface area (Å²) in [6, 6.07) is 7.67. The molecule has 2 heterocycles. The molecule has 0 aliphatic carbocycles. The number of amides is 3. The fourth-order valence-electron chi connectivity index (χ4n) is 3.80. The first-order chi connectivity index (χ1) is 15.4. The zero-order valence-corrected chi connectivity index (χ0v) is 18.3. The van der Waals surface area contributed by atoms with Gasteiger partial charge in [-0.15, -0.1) is 0 Å². The lowest BCUT2D eigenvalue weighted by Crippen LogP contribution is -2.32. The van der Waals surface area contributed by atoms with Gasteiger partial charge >= 0.3 is 0 Å². The number of nitrogens with zero attached hydrogens (tertiary/aromatic N) is 2. The summed E-state index contributed by atoms with van der Waals surface area (Å²) >= 11 is 0. The van der Waals surface area contributed by atoms with Crippen LogP contribution in [0.25, 0.3) is 5.57 Å². The van der Waals surface area contributed by atoms with Crippen molar-refractivity contribution >= 4 is 40.5 Å². The van der Waals surface area contributed by atoms with Crippen LogP contribution in [-0.4, -0.2) is 47.3 Å². The van der Waals surface area contributed by atoms with E-state index in [0.29, 0.717) is 18.9 Å². The predicted molar refractivity (Wildman–Crippen MR) is 125 cm³/mol. The highest BCUT2D eigenvalue weighted by Crippen LogP contribution is 2.32. The van der Waals surface area contributed by atoms with Crippen LogP contribution in [0.3, 0.4) is 0 Å². The average Bonchev–Trinajstić information content (AvgIpc) is 3.10. The van der Waals surface area contributed by atoms with Gasteiger partial charge in [0.25, 0.3) is 11.8 Å². The van der Waals surface area contributed by atoms with E-state index in [1.165, 1.54) is 12.2 Å². The van der Waals surface area contributed by atoms with Gasteiger partial charge in [-0.1, -0.05) is 37.6 Å². The number of imide groups is 1. The molecule has 3 rings (SSSR count). The number of hydrogen-bond donors (Lipinski definition) is 3. The second kappa shape index (κ2) is 10.7. The van der Waals surface area contributed by atoms with E-state index in [-0.39, 0.29) is 42.2 Å². The topological polar surface area (TPSA) is 129 Å². The fourth-order valence-corrected chi connectivity index (χ4v) is 3.80. The smallest absolute Gasteiger partial charge is 0.253 e. The van der Waals surface area contributed by atoms with E-state index < -0.39 is 0 Å². The zero-order valence-electron chi connectivity index (χ0n) is 18.3. The van der Waals surface area contributed by atoms with Crippen molar-refractivity contribution in [2.75, 3.05) is 13.1 Å². The number of amidine groups is 1. The third-order valence-corrected chi connectivity index (χ3v) is 5.75. The maximum Gasteiger partial charge on any atom is 0.253 e. The molecule has 0 fully saturated rings. The van der Waals surface area contributed by atoms with E-state index in [0.717, 1.165) is 41.0 Å².